The fraction of sp³-hybridized carbons (Fsp3) is 0.654. The first-order valence-electron chi connectivity index (χ1n) is 11.9. The molecule has 0 fully saturated rings. The number of aryl methyl sites for hydroxylation is 1. The lowest BCUT2D eigenvalue weighted by Crippen LogP contribution is -2.22. The van der Waals surface area contributed by atoms with Crippen LogP contribution in [0.4, 0.5) is 0 Å². The fourth-order valence-corrected chi connectivity index (χ4v) is 4.18. The molecule has 0 saturated carbocycles. The van der Waals surface area contributed by atoms with E-state index in [-0.39, 0.29) is 18.4 Å². The summed E-state index contributed by atoms with van der Waals surface area (Å²) in [6.07, 6.45) is 15.0. The highest BCUT2D eigenvalue weighted by Crippen LogP contribution is 2.29. The molecule has 4 heteroatoms. The lowest BCUT2D eigenvalue weighted by molar-refractivity contribution is -0.138. The van der Waals surface area contributed by atoms with Gasteiger partial charge in [0.15, 0.2) is 0 Å². The van der Waals surface area contributed by atoms with Crippen molar-refractivity contribution in [2.75, 3.05) is 6.54 Å². The Morgan fingerprint density at radius 1 is 1.00 bits per heavy atom. The number of carboxylic acids is 1. The first-order valence-corrected chi connectivity index (χ1v) is 11.9. The second kappa shape index (κ2) is 17.1. The van der Waals surface area contributed by atoms with Crippen molar-refractivity contribution in [1.29, 1.82) is 0 Å². The predicted octanol–water partition coefficient (Wildman–Crippen LogP) is 5.73. The minimum atomic E-state index is -0.713. The third-order valence-corrected chi connectivity index (χ3v) is 5.94. The van der Waals surface area contributed by atoms with Gasteiger partial charge in [0.25, 0.3) is 0 Å². The Morgan fingerprint density at radius 2 is 1.73 bits per heavy atom. The number of aliphatic hydroxyl groups excluding tert-OH is 1. The largest absolute Gasteiger partial charge is 0.481 e. The zero-order valence-corrected chi connectivity index (χ0v) is 18.8. The summed E-state index contributed by atoms with van der Waals surface area (Å²) in [5, 5.41) is 19.3. The van der Waals surface area contributed by atoms with Crippen molar-refractivity contribution in [2.45, 2.75) is 90.1 Å². The van der Waals surface area contributed by atoms with Gasteiger partial charge in [-0.1, -0.05) is 81.5 Å². The lowest BCUT2D eigenvalue weighted by Gasteiger charge is -2.26. The Bertz CT molecular complexity index is 573. The van der Waals surface area contributed by atoms with Gasteiger partial charge in [0, 0.05) is 6.42 Å². The van der Waals surface area contributed by atoms with Crippen LogP contribution in [0.15, 0.2) is 42.5 Å². The number of aliphatic carboxylic acids is 1. The Labute approximate surface area is 183 Å². The molecule has 3 atom stereocenters. The van der Waals surface area contributed by atoms with E-state index >= 15 is 0 Å². The maximum absolute atomic E-state index is 11.4. The average Bonchev–Trinajstić information content (AvgIpc) is 2.73. The Morgan fingerprint density at radius 3 is 2.40 bits per heavy atom. The standard InChI is InChI=1S/C26H43NO3/c1-2-3-7-15-25(28)16-11-5-4-10-14-23(19-20-27)24(21-26(29)30)18-17-22-12-8-6-9-13-22/h6,8-9,11-13,16,23-25,28H,2-5,7,10,14-15,17-21,27H2,1H3,(H,29,30)/b16-11-/t23-,24-,25-/m1/s1. The highest BCUT2D eigenvalue weighted by Gasteiger charge is 2.23. The average molecular weight is 418 g/mol. The topological polar surface area (TPSA) is 83.5 Å². The number of hydrogen-bond acceptors (Lipinski definition) is 3. The number of carboxylic acid groups (broad SMARTS) is 1. The van der Waals surface area contributed by atoms with Gasteiger partial charge in [0.1, 0.15) is 0 Å². The molecule has 0 aliphatic heterocycles. The molecule has 0 unspecified atom stereocenters. The molecule has 4 N–H and O–H groups in total. The molecule has 0 amide bonds. The number of carbonyl (C=O) groups is 1. The normalized spacial score (nSPS) is 14.6. The zero-order chi connectivity index (χ0) is 22.0. The molecule has 1 rings (SSSR count). The molecule has 30 heavy (non-hydrogen) atoms. The van der Waals surface area contributed by atoms with Crippen LogP contribution in [0.1, 0.15) is 83.1 Å². The maximum atomic E-state index is 11.4. The van der Waals surface area contributed by atoms with Crippen LogP contribution in [0.5, 0.6) is 0 Å². The molecular formula is C26H43NO3. The molecule has 1 aromatic carbocycles. The second-order valence-electron chi connectivity index (χ2n) is 8.50. The van der Waals surface area contributed by atoms with Crippen LogP contribution in [-0.4, -0.2) is 28.8 Å². The van der Waals surface area contributed by atoms with Crippen LogP contribution >= 0.6 is 0 Å². The third-order valence-electron chi connectivity index (χ3n) is 5.94. The van der Waals surface area contributed by atoms with E-state index < -0.39 is 5.97 Å². The lowest BCUT2D eigenvalue weighted by atomic mass is 9.80. The maximum Gasteiger partial charge on any atom is 0.303 e. The number of rotatable bonds is 18. The highest BCUT2D eigenvalue weighted by atomic mass is 16.4. The molecular weight excluding hydrogens is 374 g/mol. The van der Waals surface area contributed by atoms with Gasteiger partial charge in [0.2, 0.25) is 0 Å². The van der Waals surface area contributed by atoms with Crippen molar-refractivity contribution in [3.8, 4) is 0 Å². The SMILES string of the molecule is CCCCC[C@@H](O)/C=C\CCCC[C@H](CCN)[C@H](CCc1ccccc1)CC(=O)O. The van der Waals surface area contributed by atoms with Crippen molar-refractivity contribution in [2.24, 2.45) is 17.6 Å². The van der Waals surface area contributed by atoms with Crippen molar-refractivity contribution in [3.63, 3.8) is 0 Å². The molecule has 0 saturated heterocycles. The van der Waals surface area contributed by atoms with Crippen LogP contribution < -0.4 is 5.73 Å². The number of allylic oxidation sites excluding steroid dienone is 1. The third kappa shape index (κ3) is 12.8. The van der Waals surface area contributed by atoms with Gasteiger partial charge < -0.3 is 15.9 Å². The van der Waals surface area contributed by atoms with Crippen LogP contribution in [0, 0.1) is 11.8 Å². The van der Waals surface area contributed by atoms with Gasteiger partial charge in [0.05, 0.1) is 6.10 Å². The summed E-state index contributed by atoms with van der Waals surface area (Å²) in [6.45, 7) is 2.78. The van der Waals surface area contributed by atoms with E-state index in [4.69, 9.17) is 5.73 Å². The van der Waals surface area contributed by atoms with Gasteiger partial charge in [-0.25, -0.2) is 0 Å². The molecule has 0 aliphatic rings. The quantitative estimate of drug-likeness (QED) is 0.210. The summed E-state index contributed by atoms with van der Waals surface area (Å²) in [5.74, 6) is -0.185. The predicted molar refractivity (Wildman–Crippen MR) is 125 cm³/mol. The van der Waals surface area contributed by atoms with E-state index in [0.717, 1.165) is 57.8 Å². The summed E-state index contributed by atoms with van der Waals surface area (Å²) in [7, 11) is 0. The van der Waals surface area contributed by atoms with Gasteiger partial charge in [-0.15, -0.1) is 0 Å². The van der Waals surface area contributed by atoms with E-state index in [2.05, 4.69) is 25.1 Å². The Hall–Kier alpha value is -1.65. The van der Waals surface area contributed by atoms with E-state index in [0.29, 0.717) is 12.5 Å². The van der Waals surface area contributed by atoms with Gasteiger partial charge in [-0.2, -0.15) is 0 Å². The van der Waals surface area contributed by atoms with Gasteiger partial charge in [-0.3, -0.25) is 4.79 Å². The Balaban J connectivity index is 2.44. The number of aliphatic hydroxyl groups is 1. The van der Waals surface area contributed by atoms with Crippen LogP contribution in [0.25, 0.3) is 0 Å². The van der Waals surface area contributed by atoms with Crippen LogP contribution in [0.3, 0.4) is 0 Å². The first kappa shape index (κ1) is 26.4. The van der Waals surface area contributed by atoms with Crippen LogP contribution in [0.2, 0.25) is 0 Å². The first-order chi connectivity index (χ1) is 14.6. The smallest absolute Gasteiger partial charge is 0.303 e. The van der Waals surface area contributed by atoms with Crippen molar-refractivity contribution >= 4 is 5.97 Å². The number of benzene rings is 1. The molecule has 0 heterocycles. The Kier molecular flexibility index (Phi) is 15.0. The molecule has 0 radical (unpaired) electrons. The second-order valence-corrected chi connectivity index (χ2v) is 8.50. The van der Waals surface area contributed by atoms with E-state index in [9.17, 15) is 15.0 Å². The fourth-order valence-electron chi connectivity index (χ4n) is 4.18. The molecule has 0 aromatic heterocycles. The molecule has 0 bridgehead atoms. The number of nitrogens with two attached hydrogens (primary N) is 1. The molecule has 0 aliphatic carbocycles. The number of hydrogen-bond donors (Lipinski definition) is 3. The van der Waals surface area contributed by atoms with E-state index in [1.54, 1.807) is 0 Å². The summed E-state index contributed by atoms with van der Waals surface area (Å²) >= 11 is 0. The van der Waals surface area contributed by atoms with Crippen molar-refractivity contribution in [3.05, 3.63) is 48.0 Å². The van der Waals surface area contributed by atoms with Gasteiger partial charge in [-0.05, 0) is 62.5 Å². The molecule has 4 nitrogen and oxygen atoms in total. The van der Waals surface area contributed by atoms with Crippen molar-refractivity contribution in [1.82, 2.24) is 0 Å². The summed E-state index contributed by atoms with van der Waals surface area (Å²) in [4.78, 5) is 11.4. The molecule has 170 valence electrons. The molecule has 1 aromatic rings. The van der Waals surface area contributed by atoms with Crippen LogP contribution in [-0.2, 0) is 11.2 Å². The van der Waals surface area contributed by atoms with E-state index in [1.807, 2.05) is 24.3 Å². The zero-order valence-electron chi connectivity index (χ0n) is 18.8. The molecule has 0 spiro atoms. The minimum absolute atomic E-state index is 0.169. The minimum Gasteiger partial charge on any atom is -0.481 e. The summed E-state index contributed by atoms with van der Waals surface area (Å²) in [5.41, 5.74) is 7.12. The van der Waals surface area contributed by atoms with E-state index in [1.165, 1.54) is 18.4 Å². The van der Waals surface area contributed by atoms with Gasteiger partial charge >= 0.3 is 5.97 Å². The summed E-state index contributed by atoms with van der Waals surface area (Å²) < 4.78 is 0. The van der Waals surface area contributed by atoms with Crippen molar-refractivity contribution < 1.29 is 15.0 Å². The summed E-state index contributed by atoms with van der Waals surface area (Å²) in [6, 6.07) is 10.3. The number of unbranched alkanes of at least 4 members (excludes halogenated alkanes) is 4. The monoisotopic (exact) mass is 417 g/mol. The highest BCUT2D eigenvalue weighted by molar-refractivity contribution is 5.67.